The van der Waals surface area contributed by atoms with Gasteiger partial charge in [0.1, 0.15) is 10.7 Å². The van der Waals surface area contributed by atoms with E-state index in [-0.39, 0.29) is 11.6 Å². The predicted molar refractivity (Wildman–Crippen MR) is 89.3 cm³/mol. The van der Waals surface area contributed by atoms with Gasteiger partial charge in [-0.1, -0.05) is 6.07 Å². The highest BCUT2D eigenvalue weighted by Gasteiger charge is 2.16. The number of carbonyl (C=O) groups excluding carboxylic acids is 1. The minimum absolute atomic E-state index is 0.0703. The number of benzene rings is 1. The Balaban J connectivity index is 1.63. The first-order chi connectivity index (χ1) is 11.6. The van der Waals surface area contributed by atoms with E-state index in [9.17, 15) is 14.9 Å². The number of ether oxygens (including phenoxy) is 1. The number of carbonyl (C=O) groups is 1. The number of rotatable bonds is 5. The molecule has 1 amide bonds. The van der Waals surface area contributed by atoms with Gasteiger partial charge in [-0.05, 0) is 6.07 Å². The van der Waals surface area contributed by atoms with Gasteiger partial charge >= 0.3 is 0 Å². The van der Waals surface area contributed by atoms with E-state index in [1.54, 1.807) is 11.4 Å². The number of morpholine rings is 1. The van der Waals surface area contributed by atoms with E-state index in [0.29, 0.717) is 31.1 Å². The Morgan fingerprint density at radius 3 is 2.96 bits per heavy atom. The molecule has 0 spiro atoms. The molecule has 2 aromatic rings. The van der Waals surface area contributed by atoms with Crippen LogP contribution in [0.5, 0.6) is 0 Å². The molecule has 0 aliphatic carbocycles. The van der Waals surface area contributed by atoms with Crippen LogP contribution < -0.4 is 5.32 Å². The lowest BCUT2D eigenvalue weighted by Crippen LogP contribution is -2.35. The van der Waals surface area contributed by atoms with Crippen molar-refractivity contribution < 1.29 is 14.5 Å². The first-order valence-electron chi connectivity index (χ1n) is 7.42. The van der Waals surface area contributed by atoms with E-state index >= 15 is 0 Å². The summed E-state index contributed by atoms with van der Waals surface area (Å²) in [4.78, 5) is 29.1. The Kier molecular flexibility index (Phi) is 5.14. The first kappa shape index (κ1) is 16.5. The molecule has 1 aliphatic rings. The van der Waals surface area contributed by atoms with Crippen molar-refractivity contribution in [2.75, 3.05) is 31.6 Å². The molecular weight excluding hydrogens is 332 g/mol. The fourth-order valence-electron chi connectivity index (χ4n) is 2.33. The molecule has 1 aromatic carbocycles. The second-order valence-electron chi connectivity index (χ2n) is 5.28. The summed E-state index contributed by atoms with van der Waals surface area (Å²) in [6.45, 7) is 3.83. The number of hydrogen-bond donors (Lipinski definition) is 1. The van der Waals surface area contributed by atoms with Crippen molar-refractivity contribution in [3.63, 3.8) is 0 Å². The number of hydrogen-bond acceptors (Lipinski definition) is 7. The van der Waals surface area contributed by atoms with Crippen molar-refractivity contribution in [2.24, 2.45) is 0 Å². The molecule has 1 saturated heterocycles. The van der Waals surface area contributed by atoms with E-state index in [1.807, 2.05) is 0 Å². The lowest BCUT2D eigenvalue weighted by molar-refractivity contribution is -0.384. The highest BCUT2D eigenvalue weighted by Crippen LogP contribution is 2.19. The molecule has 8 nitrogen and oxygen atoms in total. The van der Waals surface area contributed by atoms with Crippen molar-refractivity contribution >= 4 is 28.6 Å². The Morgan fingerprint density at radius 2 is 2.21 bits per heavy atom. The molecule has 2 heterocycles. The van der Waals surface area contributed by atoms with Crippen molar-refractivity contribution in [1.82, 2.24) is 9.88 Å². The second-order valence-corrected chi connectivity index (χ2v) is 6.22. The lowest BCUT2D eigenvalue weighted by atomic mass is 10.2. The van der Waals surface area contributed by atoms with Gasteiger partial charge in [-0.25, -0.2) is 4.98 Å². The van der Waals surface area contributed by atoms with Gasteiger partial charge in [0.25, 0.3) is 11.6 Å². The molecule has 1 fully saturated rings. The van der Waals surface area contributed by atoms with Crippen molar-refractivity contribution in [3.8, 4) is 0 Å². The van der Waals surface area contributed by atoms with Gasteiger partial charge in [0.2, 0.25) is 0 Å². The van der Waals surface area contributed by atoms with Crippen LogP contribution in [-0.2, 0) is 11.3 Å². The summed E-state index contributed by atoms with van der Waals surface area (Å²) >= 11 is 1.43. The van der Waals surface area contributed by atoms with E-state index in [1.165, 1.54) is 29.5 Å². The molecule has 24 heavy (non-hydrogen) atoms. The Bertz CT molecular complexity index is 743. The van der Waals surface area contributed by atoms with Gasteiger partial charge in [0.05, 0.1) is 24.7 Å². The monoisotopic (exact) mass is 348 g/mol. The number of nitro groups is 1. The lowest BCUT2D eigenvalue weighted by Gasteiger charge is -2.25. The maximum atomic E-state index is 12.2. The summed E-state index contributed by atoms with van der Waals surface area (Å²) in [5.74, 6) is -0.375. The summed E-state index contributed by atoms with van der Waals surface area (Å²) in [5.41, 5.74) is 0.616. The smallest absolute Gasteiger partial charge is 0.275 e. The van der Waals surface area contributed by atoms with E-state index in [4.69, 9.17) is 4.74 Å². The molecule has 0 unspecified atom stereocenters. The van der Waals surface area contributed by atoms with Crippen LogP contribution in [0.4, 0.5) is 11.4 Å². The Hall–Kier alpha value is -2.36. The summed E-state index contributed by atoms with van der Waals surface area (Å²) in [6, 6.07) is 5.82. The van der Waals surface area contributed by atoms with Crippen LogP contribution in [-0.4, -0.2) is 47.0 Å². The summed E-state index contributed by atoms with van der Waals surface area (Å²) in [6.07, 6.45) is 0. The van der Waals surface area contributed by atoms with Gasteiger partial charge < -0.3 is 10.1 Å². The molecule has 9 heteroatoms. The standard InChI is InChI=1S/C15H16N4O4S/c20-15(16-11-2-1-3-12(8-11)19(21)22)13-10-24-14(17-13)9-18-4-6-23-7-5-18/h1-3,8,10H,4-7,9H2,(H,16,20). The zero-order valence-corrected chi connectivity index (χ0v) is 13.6. The number of thiazole rings is 1. The molecule has 0 atom stereocenters. The molecule has 126 valence electrons. The van der Waals surface area contributed by atoms with E-state index in [2.05, 4.69) is 15.2 Å². The number of non-ortho nitro benzene ring substituents is 1. The molecule has 1 aliphatic heterocycles. The largest absolute Gasteiger partial charge is 0.379 e. The fourth-order valence-corrected chi connectivity index (χ4v) is 3.15. The zero-order valence-electron chi connectivity index (χ0n) is 12.8. The Labute approximate surface area is 142 Å². The first-order valence-corrected chi connectivity index (χ1v) is 8.30. The minimum Gasteiger partial charge on any atom is -0.379 e. The fraction of sp³-hybridized carbons (Fsp3) is 0.333. The highest BCUT2D eigenvalue weighted by molar-refractivity contribution is 7.09. The van der Waals surface area contributed by atoms with Crippen LogP contribution in [0.15, 0.2) is 29.6 Å². The van der Waals surface area contributed by atoms with Crippen molar-refractivity contribution in [2.45, 2.75) is 6.54 Å². The average Bonchev–Trinajstić information content (AvgIpc) is 3.04. The topological polar surface area (TPSA) is 97.6 Å². The third kappa shape index (κ3) is 4.13. The van der Waals surface area contributed by atoms with Gasteiger partial charge in [0.15, 0.2) is 0 Å². The van der Waals surface area contributed by atoms with Crippen LogP contribution in [0.3, 0.4) is 0 Å². The summed E-state index contributed by atoms with van der Waals surface area (Å²) < 4.78 is 5.30. The van der Waals surface area contributed by atoms with Crippen LogP contribution in [0.25, 0.3) is 0 Å². The number of aromatic nitrogens is 1. The second kappa shape index (κ2) is 7.47. The normalized spacial score (nSPS) is 15.2. The average molecular weight is 348 g/mol. The van der Waals surface area contributed by atoms with Crippen LogP contribution in [0, 0.1) is 10.1 Å². The highest BCUT2D eigenvalue weighted by atomic mass is 32.1. The molecular formula is C15H16N4O4S. The summed E-state index contributed by atoms with van der Waals surface area (Å²) in [5, 5.41) is 16.0. The third-order valence-corrected chi connectivity index (χ3v) is 4.40. The van der Waals surface area contributed by atoms with Crippen molar-refractivity contribution in [1.29, 1.82) is 0 Å². The van der Waals surface area contributed by atoms with Crippen LogP contribution in [0.2, 0.25) is 0 Å². The number of nitrogens with one attached hydrogen (secondary N) is 1. The van der Waals surface area contributed by atoms with Crippen molar-refractivity contribution in [3.05, 3.63) is 50.5 Å². The Morgan fingerprint density at radius 1 is 1.42 bits per heavy atom. The number of nitro benzene ring substituents is 1. The van der Waals surface area contributed by atoms with Gasteiger partial charge in [-0.2, -0.15) is 0 Å². The molecule has 1 aromatic heterocycles. The quantitative estimate of drug-likeness (QED) is 0.657. The molecule has 0 saturated carbocycles. The van der Waals surface area contributed by atoms with E-state index < -0.39 is 4.92 Å². The maximum Gasteiger partial charge on any atom is 0.275 e. The summed E-state index contributed by atoms with van der Waals surface area (Å²) in [7, 11) is 0. The number of amides is 1. The molecule has 3 rings (SSSR count). The van der Waals surface area contributed by atoms with Crippen LogP contribution >= 0.6 is 11.3 Å². The zero-order chi connectivity index (χ0) is 16.9. The van der Waals surface area contributed by atoms with Gasteiger partial charge in [0, 0.05) is 36.3 Å². The number of anilines is 1. The number of nitrogens with zero attached hydrogens (tertiary/aromatic N) is 3. The van der Waals surface area contributed by atoms with Gasteiger partial charge in [-0.15, -0.1) is 11.3 Å². The molecule has 0 radical (unpaired) electrons. The predicted octanol–water partition coefficient (Wildman–Crippen LogP) is 2.14. The third-order valence-electron chi connectivity index (χ3n) is 3.56. The molecule has 0 bridgehead atoms. The maximum absolute atomic E-state index is 12.2. The molecule has 1 N–H and O–H groups in total. The van der Waals surface area contributed by atoms with E-state index in [0.717, 1.165) is 18.1 Å². The SMILES string of the molecule is O=C(Nc1cccc([N+](=O)[O-])c1)c1csc(CN2CCOCC2)n1. The van der Waals surface area contributed by atoms with Crippen LogP contribution in [0.1, 0.15) is 15.5 Å². The minimum atomic E-state index is -0.501. The van der Waals surface area contributed by atoms with Gasteiger partial charge in [-0.3, -0.25) is 19.8 Å².